The molecule has 0 radical (unpaired) electrons. The third kappa shape index (κ3) is 5.48. The zero-order chi connectivity index (χ0) is 28.3. The van der Waals surface area contributed by atoms with Crippen molar-refractivity contribution in [2.75, 3.05) is 25.7 Å². The third-order valence-corrected chi connectivity index (χ3v) is 6.74. The van der Waals surface area contributed by atoms with E-state index in [0.717, 1.165) is 12.0 Å². The molecule has 3 aromatic rings. The first-order valence-electron chi connectivity index (χ1n) is 13.0. The summed E-state index contributed by atoms with van der Waals surface area (Å²) in [6, 6.07) is 18.8. The lowest BCUT2D eigenvalue weighted by Crippen LogP contribution is -2.29. The van der Waals surface area contributed by atoms with E-state index < -0.39 is 17.7 Å². The topological polar surface area (TPSA) is 85.3 Å². The summed E-state index contributed by atoms with van der Waals surface area (Å²) in [5.41, 5.74) is 2.13. The molecule has 4 rings (SSSR count). The highest BCUT2D eigenvalue weighted by molar-refractivity contribution is 6.51. The van der Waals surface area contributed by atoms with E-state index >= 15 is 0 Å². The molecule has 0 aromatic heterocycles. The molecule has 1 atom stereocenters. The Balaban J connectivity index is 1.98. The fraction of sp³-hybridized carbons (Fsp3) is 0.312. The minimum Gasteiger partial charge on any atom is -0.507 e. The molecule has 1 saturated heterocycles. The number of hydrogen-bond acceptors (Lipinski definition) is 6. The number of aliphatic hydroxyl groups is 1. The van der Waals surface area contributed by atoms with E-state index in [0.29, 0.717) is 40.7 Å². The first-order valence-corrected chi connectivity index (χ1v) is 13.0. The number of ether oxygens (including phenoxy) is 3. The lowest BCUT2D eigenvalue weighted by Gasteiger charge is -2.26. The van der Waals surface area contributed by atoms with Gasteiger partial charge < -0.3 is 19.3 Å². The van der Waals surface area contributed by atoms with Crippen LogP contribution in [0.4, 0.5) is 5.69 Å². The normalized spacial score (nSPS) is 16.9. The second-order valence-corrected chi connectivity index (χ2v) is 10.5. The van der Waals surface area contributed by atoms with Crippen LogP contribution in [0.15, 0.2) is 72.3 Å². The molecule has 1 N–H and O–H groups in total. The molecule has 204 valence electrons. The predicted octanol–water partition coefficient (Wildman–Crippen LogP) is 6.42. The van der Waals surface area contributed by atoms with Crippen molar-refractivity contribution >= 4 is 23.1 Å². The van der Waals surface area contributed by atoms with Crippen molar-refractivity contribution in [3.05, 3.63) is 89.0 Å². The largest absolute Gasteiger partial charge is 0.507 e. The molecule has 3 aromatic carbocycles. The van der Waals surface area contributed by atoms with Crippen molar-refractivity contribution in [3.8, 4) is 17.2 Å². The lowest BCUT2D eigenvalue weighted by atomic mass is 9.85. The van der Waals surface area contributed by atoms with Crippen molar-refractivity contribution in [2.45, 2.75) is 45.6 Å². The van der Waals surface area contributed by atoms with Gasteiger partial charge in [0.2, 0.25) is 0 Å². The molecule has 1 amide bonds. The zero-order valence-corrected chi connectivity index (χ0v) is 23.3. The first-order chi connectivity index (χ1) is 18.6. The number of anilines is 1. The van der Waals surface area contributed by atoms with E-state index in [1.807, 2.05) is 37.3 Å². The summed E-state index contributed by atoms with van der Waals surface area (Å²) in [6.45, 7) is 8.71. The van der Waals surface area contributed by atoms with Crippen molar-refractivity contribution < 1.29 is 28.9 Å². The molecule has 1 unspecified atom stereocenters. The number of methoxy groups -OCH3 is 2. The smallest absolute Gasteiger partial charge is 0.300 e. The Labute approximate surface area is 229 Å². The van der Waals surface area contributed by atoms with Crippen LogP contribution in [0.25, 0.3) is 5.76 Å². The van der Waals surface area contributed by atoms with Gasteiger partial charge in [0.05, 0.1) is 38.0 Å². The number of aliphatic hydroxyl groups excluding tert-OH is 1. The highest BCUT2D eigenvalue weighted by Crippen LogP contribution is 2.45. The molecular weight excluding hydrogens is 494 g/mol. The molecule has 0 spiro atoms. The van der Waals surface area contributed by atoms with Gasteiger partial charge in [-0.05, 0) is 59.4 Å². The Morgan fingerprint density at radius 3 is 2.31 bits per heavy atom. The highest BCUT2D eigenvalue weighted by atomic mass is 16.5. The molecule has 1 fully saturated rings. The average Bonchev–Trinajstić information content (AvgIpc) is 3.20. The van der Waals surface area contributed by atoms with Crippen molar-refractivity contribution in [2.24, 2.45) is 0 Å². The van der Waals surface area contributed by atoms with E-state index in [1.54, 1.807) is 36.4 Å². The summed E-state index contributed by atoms with van der Waals surface area (Å²) >= 11 is 0. The van der Waals surface area contributed by atoms with Crippen LogP contribution < -0.4 is 19.1 Å². The van der Waals surface area contributed by atoms with Gasteiger partial charge in [0, 0.05) is 11.8 Å². The number of hydrogen-bond donors (Lipinski definition) is 1. The van der Waals surface area contributed by atoms with Crippen molar-refractivity contribution in [1.82, 2.24) is 0 Å². The van der Waals surface area contributed by atoms with Gasteiger partial charge in [0.25, 0.3) is 11.7 Å². The van der Waals surface area contributed by atoms with Crippen LogP contribution in [0.3, 0.4) is 0 Å². The van der Waals surface area contributed by atoms with Crippen LogP contribution in [-0.2, 0) is 15.0 Å². The maximum absolute atomic E-state index is 13.7. The number of amides is 1. The fourth-order valence-electron chi connectivity index (χ4n) is 4.67. The van der Waals surface area contributed by atoms with Crippen molar-refractivity contribution in [1.29, 1.82) is 0 Å². The predicted molar refractivity (Wildman–Crippen MR) is 152 cm³/mol. The van der Waals surface area contributed by atoms with Crippen LogP contribution in [0.1, 0.15) is 56.8 Å². The Kier molecular flexibility index (Phi) is 8.00. The Bertz CT molecular complexity index is 1420. The minimum absolute atomic E-state index is 0.0279. The Morgan fingerprint density at radius 1 is 0.923 bits per heavy atom. The highest BCUT2D eigenvalue weighted by Gasteiger charge is 2.47. The molecular formula is C32H35NO6. The number of benzene rings is 3. The SMILES string of the molecule is CCCOc1cccc(C2/C(=C(\O)c3cc(C(C)(C)C)ccc3OC)C(=O)C(=O)N2c2cccc(OC)c2)c1. The summed E-state index contributed by atoms with van der Waals surface area (Å²) in [6.07, 6.45) is 0.830. The number of carbonyl (C=O) groups is 2. The van der Waals surface area contributed by atoms with Crippen LogP contribution in [0, 0.1) is 0 Å². The van der Waals surface area contributed by atoms with Gasteiger partial charge in [-0.2, -0.15) is 0 Å². The summed E-state index contributed by atoms with van der Waals surface area (Å²) in [5, 5.41) is 11.8. The van der Waals surface area contributed by atoms with E-state index in [4.69, 9.17) is 14.2 Å². The van der Waals surface area contributed by atoms with Crippen LogP contribution >= 0.6 is 0 Å². The number of rotatable bonds is 8. The van der Waals surface area contributed by atoms with Gasteiger partial charge in [-0.15, -0.1) is 0 Å². The van der Waals surface area contributed by atoms with E-state index in [-0.39, 0.29) is 16.7 Å². The number of nitrogens with zero attached hydrogens (tertiary/aromatic N) is 1. The molecule has 0 saturated carbocycles. The van der Waals surface area contributed by atoms with Gasteiger partial charge in [-0.3, -0.25) is 14.5 Å². The standard InChI is InChI=1S/C32H35NO6/c1-7-16-39-24-13-8-10-20(17-24)28-27(29(34)25-18-21(32(2,3)4)14-15-26(25)38-6)30(35)31(36)33(28)22-11-9-12-23(19-22)37-5/h8-15,17-19,28,34H,7,16H2,1-6H3/b29-27+. The van der Waals surface area contributed by atoms with Crippen LogP contribution in [0.5, 0.6) is 17.2 Å². The van der Waals surface area contributed by atoms with Gasteiger partial charge in [0.15, 0.2) is 0 Å². The van der Waals surface area contributed by atoms with Gasteiger partial charge >= 0.3 is 0 Å². The van der Waals surface area contributed by atoms with Crippen LogP contribution in [0.2, 0.25) is 0 Å². The average molecular weight is 530 g/mol. The molecule has 0 bridgehead atoms. The van der Waals surface area contributed by atoms with E-state index in [1.165, 1.54) is 19.1 Å². The monoisotopic (exact) mass is 529 g/mol. The maximum Gasteiger partial charge on any atom is 0.300 e. The summed E-state index contributed by atoms with van der Waals surface area (Å²) in [4.78, 5) is 28.7. The van der Waals surface area contributed by atoms with Gasteiger partial charge in [-0.1, -0.05) is 52.0 Å². The van der Waals surface area contributed by atoms with E-state index in [9.17, 15) is 14.7 Å². The molecule has 1 aliphatic rings. The summed E-state index contributed by atoms with van der Waals surface area (Å²) in [7, 11) is 3.04. The van der Waals surface area contributed by atoms with Gasteiger partial charge in [0.1, 0.15) is 23.0 Å². The molecule has 7 nitrogen and oxygen atoms in total. The molecule has 1 heterocycles. The molecule has 0 aliphatic carbocycles. The first kappa shape index (κ1) is 27.8. The molecule has 1 aliphatic heterocycles. The second kappa shape index (κ2) is 11.2. The summed E-state index contributed by atoms with van der Waals surface area (Å²) < 4.78 is 16.8. The minimum atomic E-state index is -0.912. The number of ketones is 1. The van der Waals surface area contributed by atoms with Crippen molar-refractivity contribution in [3.63, 3.8) is 0 Å². The quantitative estimate of drug-likeness (QED) is 0.206. The van der Waals surface area contributed by atoms with Gasteiger partial charge in [-0.25, -0.2) is 0 Å². The molecule has 39 heavy (non-hydrogen) atoms. The lowest BCUT2D eigenvalue weighted by molar-refractivity contribution is -0.132. The second-order valence-electron chi connectivity index (χ2n) is 10.5. The number of Topliss-reactive ketones (excluding diaryl/α,β-unsaturated/α-hetero) is 1. The zero-order valence-electron chi connectivity index (χ0n) is 23.3. The third-order valence-electron chi connectivity index (χ3n) is 6.74. The summed E-state index contributed by atoms with van der Waals surface area (Å²) in [5.74, 6) is -0.298. The fourth-order valence-corrected chi connectivity index (χ4v) is 4.67. The maximum atomic E-state index is 13.7. The van der Waals surface area contributed by atoms with Crippen LogP contribution in [-0.4, -0.2) is 37.6 Å². The Hall–Kier alpha value is -4.26. The Morgan fingerprint density at radius 2 is 1.64 bits per heavy atom. The molecule has 7 heteroatoms. The number of carbonyl (C=O) groups excluding carboxylic acids is 2. The van der Waals surface area contributed by atoms with E-state index in [2.05, 4.69) is 20.8 Å².